The highest BCUT2D eigenvalue weighted by Gasteiger charge is 2.15. The average Bonchev–Trinajstić information content (AvgIpc) is 2.64. The molecule has 0 amide bonds. The van der Waals surface area contributed by atoms with Crippen LogP contribution < -0.4 is 4.74 Å². The molecule has 0 atom stereocenters. The van der Waals surface area contributed by atoms with Crippen molar-refractivity contribution in [1.82, 2.24) is 9.80 Å². The molecule has 1 saturated heterocycles. The molecule has 0 spiro atoms. The fourth-order valence-corrected chi connectivity index (χ4v) is 3.52. The van der Waals surface area contributed by atoms with Gasteiger partial charge in [-0.15, -0.1) is 0 Å². The second-order valence-corrected chi connectivity index (χ2v) is 8.73. The first kappa shape index (κ1) is 19.9. The third-order valence-corrected chi connectivity index (χ3v) is 5.44. The first-order valence-electron chi connectivity index (χ1n) is 10.2. The number of nitrogens with zero attached hydrogens (tertiary/aromatic N) is 2. The number of rotatable bonds is 6. The topological polar surface area (TPSA) is 15.7 Å². The molecular weight excluding hydrogens is 332 g/mol. The summed E-state index contributed by atoms with van der Waals surface area (Å²) in [7, 11) is 2.21. The van der Waals surface area contributed by atoms with Crippen molar-refractivity contribution in [2.24, 2.45) is 0 Å². The Morgan fingerprint density at radius 3 is 2.22 bits per heavy atom. The summed E-state index contributed by atoms with van der Waals surface area (Å²) in [6, 6.07) is 17.0. The maximum Gasteiger partial charge on any atom is 0.130 e. The molecule has 0 saturated carbocycles. The second-order valence-electron chi connectivity index (χ2n) is 8.73. The quantitative estimate of drug-likeness (QED) is 0.719. The average molecular weight is 367 g/mol. The highest BCUT2D eigenvalue weighted by atomic mass is 16.5. The third-order valence-electron chi connectivity index (χ3n) is 5.44. The van der Waals surface area contributed by atoms with E-state index in [1.54, 1.807) is 0 Å². The minimum Gasteiger partial charge on any atom is -0.457 e. The molecule has 0 bridgehead atoms. The van der Waals surface area contributed by atoms with E-state index < -0.39 is 0 Å². The van der Waals surface area contributed by atoms with Crippen LogP contribution in [0.1, 0.15) is 38.3 Å². The van der Waals surface area contributed by atoms with Gasteiger partial charge in [-0.2, -0.15) is 0 Å². The van der Waals surface area contributed by atoms with E-state index in [0.29, 0.717) is 0 Å². The van der Waals surface area contributed by atoms with Gasteiger partial charge in [0, 0.05) is 26.2 Å². The lowest BCUT2D eigenvalue weighted by molar-refractivity contribution is 0.153. The third kappa shape index (κ3) is 5.82. The van der Waals surface area contributed by atoms with Gasteiger partial charge in [0.25, 0.3) is 0 Å². The molecule has 3 nitrogen and oxygen atoms in total. The van der Waals surface area contributed by atoms with Crippen LogP contribution in [-0.4, -0.2) is 49.6 Å². The van der Waals surface area contributed by atoms with Gasteiger partial charge in [-0.1, -0.05) is 51.1 Å². The molecule has 2 aromatic rings. The predicted molar refractivity (Wildman–Crippen MR) is 114 cm³/mol. The maximum atomic E-state index is 6.21. The number of benzene rings is 2. The Morgan fingerprint density at radius 2 is 1.56 bits per heavy atom. The highest BCUT2D eigenvalue weighted by Crippen LogP contribution is 2.29. The molecule has 2 aromatic carbocycles. The van der Waals surface area contributed by atoms with Crippen molar-refractivity contribution in [3.8, 4) is 11.5 Å². The van der Waals surface area contributed by atoms with Crippen molar-refractivity contribution >= 4 is 0 Å². The minimum absolute atomic E-state index is 0.166. The van der Waals surface area contributed by atoms with E-state index in [1.165, 1.54) is 50.3 Å². The summed E-state index contributed by atoms with van der Waals surface area (Å²) in [4.78, 5) is 4.99. The first-order valence-corrected chi connectivity index (χ1v) is 10.2. The summed E-state index contributed by atoms with van der Waals surface area (Å²) in [5, 5.41) is 0. The predicted octanol–water partition coefficient (Wildman–Crippen LogP) is 4.96. The Morgan fingerprint density at radius 1 is 0.889 bits per heavy atom. The van der Waals surface area contributed by atoms with Crippen LogP contribution in [0.4, 0.5) is 0 Å². The van der Waals surface area contributed by atoms with Gasteiger partial charge in [-0.25, -0.2) is 0 Å². The van der Waals surface area contributed by atoms with Crippen molar-refractivity contribution in [3.05, 3.63) is 59.7 Å². The Balaban J connectivity index is 1.57. The van der Waals surface area contributed by atoms with Gasteiger partial charge in [0.05, 0.1) is 0 Å². The van der Waals surface area contributed by atoms with Crippen LogP contribution in [0, 0.1) is 0 Å². The van der Waals surface area contributed by atoms with Crippen LogP contribution in [-0.2, 0) is 11.8 Å². The second kappa shape index (κ2) is 8.90. The van der Waals surface area contributed by atoms with Crippen molar-refractivity contribution in [1.29, 1.82) is 0 Å². The van der Waals surface area contributed by atoms with Crippen molar-refractivity contribution in [2.45, 2.75) is 39.0 Å². The molecule has 3 heteroatoms. The van der Waals surface area contributed by atoms with Crippen molar-refractivity contribution < 1.29 is 4.74 Å². The number of hydrogen-bond acceptors (Lipinski definition) is 3. The summed E-state index contributed by atoms with van der Waals surface area (Å²) in [5.74, 6) is 1.90. The van der Waals surface area contributed by atoms with Gasteiger partial charge in [-0.05, 0) is 61.2 Å². The number of hydrogen-bond donors (Lipinski definition) is 0. The van der Waals surface area contributed by atoms with Crippen molar-refractivity contribution in [2.75, 3.05) is 39.8 Å². The number of piperazine rings is 1. The van der Waals surface area contributed by atoms with Gasteiger partial charge in [0.15, 0.2) is 0 Å². The summed E-state index contributed by atoms with van der Waals surface area (Å²) in [5.41, 5.74) is 2.79. The molecule has 0 radical (unpaired) electrons. The molecule has 27 heavy (non-hydrogen) atoms. The van der Waals surface area contributed by atoms with Crippen LogP contribution in [0.3, 0.4) is 0 Å². The first-order chi connectivity index (χ1) is 12.9. The van der Waals surface area contributed by atoms with Crippen LogP contribution in [0.25, 0.3) is 0 Å². The number of aryl methyl sites for hydroxylation is 1. The van der Waals surface area contributed by atoms with Gasteiger partial charge in [0.1, 0.15) is 11.5 Å². The van der Waals surface area contributed by atoms with Gasteiger partial charge in [-0.3, -0.25) is 0 Å². The molecule has 0 N–H and O–H groups in total. The van der Waals surface area contributed by atoms with Gasteiger partial charge >= 0.3 is 0 Å². The normalized spacial score (nSPS) is 16.4. The Kier molecular flexibility index (Phi) is 6.56. The van der Waals surface area contributed by atoms with E-state index in [0.717, 1.165) is 17.9 Å². The van der Waals surface area contributed by atoms with E-state index in [-0.39, 0.29) is 5.41 Å². The highest BCUT2D eigenvalue weighted by molar-refractivity contribution is 5.39. The van der Waals surface area contributed by atoms with E-state index in [1.807, 2.05) is 0 Å². The molecule has 0 aliphatic carbocycles. The smallest absolute Gasteiger partial charge is 0.130 e. The monoisotopic (exact) mass is 366 g/mol. The standard InChI is InChI=1S/C24H34N2O/c1-24(2,3)21-11-13-22(14-12-21)27-23-10-6-5-8-20(23)9-7-15-26-18-16-25(4)17-19-26/h5-6,8,10-14H,7,9,15-19H2,1-4H3. The van der Waals surface area contributed by atoms with Crippen LogP contribution in [0.15, 0.2) is 48.5 Å². The zero-order chi connectivity index (χ0) is 19.3. The van der Waals surface area contributed by atoms with E-state index >= 15 is 0 Å². The fourth-order valence-electron chi connectivity index (χ4n) is 3.52. The molecular formula is C24H34N2O. The maximum absolute atomic E-state index is 6.21. The van der Waals surface area contributed by atoms with Gasteiger partial charge in [0.2, 0.25) is 0 Å². The minimum atomic E-state index is 0.166. The summed E-state index contributed by atoms with van der Waals surface area (Å²) in [6.07, 6.45) is 2.23. The Hall–Kier alpha value is -1.84. The zero-order valence-electron chi connectivity index (χ0n) is 17.4. The summed E-state index contributed by atoms with van der Waals surface area (Å²) < 4.78 is 6.21. The van der Waals surface area contributed by atoms with Crippen LogP contribution in [0.5, 0.6) is 11.5 Å². The Labute approximate surface area is 164 Å². The number of para-hydroxylation sites is 1. The summed E-state index contributed by atoms with van der Waals surface area (Å²) in [6.45, 7) is 12.6. The molecule has 1 fully saturated rings. The Bertz CT molecular complexity index is 710. The lowest BCUT2D eigenvalue weighted by Gasteiger charge is -2.32. The van der Waals surface area contributed by atoms with E-state index in [4.69, 9.17) is 4.74 Å². The lowest BCUT2D eigenvalue weighted by Crippen LogP contribution is -2.44. The molecule has 146 valence electrons. The van der Waals surface area contributed by atoms with E-state index in [9.17, 15) is 0 Å². The zero-order valence-corrected chi connectivity index (χ0v) is 17.4. The number of likely N-dealkylation sites (N-methyl/N-ethyl adjacent to an activating group) is 1. The molecule has 1 heterocycles. The molecule has 1 aliphatic heterocycles. The fraction of sp³-hybridized carbons (Fsp3) is 0.500. The van der Waals surface area contributed by atoms with Crippen molar-refractivity contribution in [3.63, 3.8) is 0 Å². The SMILES string of the molecule is CN1CCN(CCCc2ccccc2Oc2ccc(C(C)(C)C)cc2)CC1. The lowest BCUT2D eigenvalue weighted by atomic mass is 9.87. The molecule has 0 unspecified atom stereocenters. The largest absolute Gasteiger partial charge is 0.457 e. The molecule has 0 aromatic heterocycles. The van der Waals surface area contributed by atoms with Gasteiger partial charge < -0.3 is 14.5 Å². The van der Waals surface area contributed by atoms with Crippen LogP contribution >= 0.6 is 0 Å². The molecule has 1 aliphatic rings. The molecule has 3 rings (SSSR count). The number of ether oxygens (including phenoxy) is 1. The summed E-state index contributed by atoms with van der Waals surface area (Å²) >= 11 is 0. The van der Waals surface area contributed by atoms with Crippen LogP contribution in [0.2, 0.25) is 0 Å². The van der Waals surface area contributed by atoms with E-state index in [2.05, 4.69) is 86.1 Å².